The zero-order chi connectivity index (χ0) is 22.9. The van der Waals surface area contributed by atoms with Crippen LogP contribution in [0.3, 0.4) is 0 Å². The van der Waals surface area contributed by atoms with E-state index < -0.39 is 0 Å². The van der Waals surface area contributed by atoms with E-state index in [1.165, 1.54) is 10.7 Å². The first-order valence-corrected chi connectivity index (χ1v) is 12.0. The number of hydrogen-bond donors (Lipinski definition) is 0. The summed E-state index contributed by atoms with van der Waals surface area (Å²) in [6.07, 6.45) is 0.904. The summed E-state index contributed by atoms with van der Waals surface area (Å²) < 4.78 is 17.5. The summed E-state index contributed by atoms with van der Waals surface area (Å²) in [6, 6.07) is 14.6. The third kappa shape index (κ3) is 4.11. The highest BCUT2D eigenvalue weighted by atomic mass is 32.1. The Hall–Kier alpha value is -3.26. The number of piperazine rings is 1. The molecule has 4 aromatic rings. The molecule has 0 unspecified atom stereocenters. The number of carbonyl (C=O) groups is 1. The average molecular weight is 465 g/mol. The number of nitrogens with zero attached hydrogens (tertiary/aromatic N) is 4. The molecule has 1 saturated heterocycles. The van der Waals surface area contributed by atoms with E-state index in [1.54, 1.807) is 23.5 Å². The predicted molar refractivity (Wildman–Crippen MR) is 131 cm³/mol. The van der Waals surface area contributed by atoms with Crippen molar-refractivity contribution in [2.75, 3.05) is 31.1 Å². The van der Waals surface area contributed by atoms with Crippen LogP contribution in [0, 0.1) is 12.7 Å². The van der Waals surface area contributed by atoms with E-state index in [0.717, 1.165) is 25.9 Å². The molecule has 170 valence electrons. The number of aromatic nitrogens is 2. The molecule has 1 aliphatic heterocycles. The third-order valence-electron chi connectivity index (χ3n) is 6.23. The fourth-order valence-electron chi connectivity index (χ4n) is 4.51. The van der Waals surface area contributed by atoms with Crippen molar-refractivity contribution in [2.45, 2.75) is 26.3 Å². The SMILES string of the molecule is Cc1nn(CCCC(=O)N2CCN(c3ccccc3F)CC2)c(=O)c2c1sc1ccccc12. The lowest BCUT2D eigenvalue weighted by Crippen LogP contribution is -2.49. The highest BCUT2D eigenvalue weighted by molar-refractivity contribution is 7.26. The van der Waals surface area contributed by atoms with E-state index in [1.807, 2.05) is 47.1 Å². The van der Waals surface area contributed by atoms with Gasteiger partial charge in [-0.05, 0) is 31.5 Å². The summed E-state index contributed by atoms with van der Waals surface area (Å²) in [5, 5.41) is 6.19. The molecule has 0 aliphatic carbocycles. The van der Waals surface area contributed by atoms with Crippen molar-refractivity contribution in [3.63, 3.8) is 0 Å². The molecule has 0 spiro atoms. The second-order valence-corrected chi connectivity index (χ2v) is 9.39. The van der Waals surface area contributed by atoms with E-state index in [0.29, 0.717) is 51.3 Å². The molecule has 1 fully saturated rings. The van der Waals surface area contributed by atoms with Crippen molar-refractivity contribution in [3.8, 4) is 0 Å². The maximum atomic E-state index is 14.0. The van der Waals surface area contributed by atoms with Crippen LogP contribution >= 0.6 is 11.3 Å². The molecule has 8 heteroatoms. The molecule has 33 heavy (non-hydrogen) atoms. The molecule has 0 bridgehead atoms. The van der Waals surface area contributed by atoms with Crippen molar-refractivity contribution >= 4 is 43.1 Å². The van der Waals surface area contributed by atoms with Crippen LogP contribution in [0.15, 0.2) is 53.3 Å². The quantitative estimate of drug-likeness (QED) is 0.445. The van der Waals surface area contributed by atoms with Crippen molar-refractivity contribution in [3.05, 3.63) is 70.4 Å². The van der Waals surface area contributed by atoms with E-state index in [2.05, 4.69) is 5.10 Å². The molecule has 0 atom stereocenters. The van der Waals surface area contributed by atoms with Gasteiger partial charge in [0, 0.05) is 49.2 Å². The predicted octanol–water partition coefficient (Wildman–Crippen LogP) is 4.19. The summed E-state index contributed by atoms with van der Waals surface area (Å²) >= 11 is 1.59. The molecule has 5 rings (SSSR count). The second-order valence-electron chi connectivity index (χ2n) is 8.34. The smallest absolute Gasteiger partial charge is 0.276 e. The number of aryl methyl sites for hydroxylation is 2. The van der Waals surface area contributed by atoms with Crippen LogP contribution in [0.25, 0.3) is 20.2 Å². The minimum absolute atomic E-state index is 0.0648. The fourth-order valence-corrected chi connectivity index (χ4v) is 5.64. The molecule has 1 aliphatic rings. The number of thiophene rings is 1. The zero-order valence-electron chi connectivity index (χ0n) is 18.5. The molecule has 6 nitrogen and oxygen atoms in total. The summed E-state index contributed by atoms with van der Waals surface area (Å²) in [5.41, 5.74) is 1.32. The Morgan fingerprint density at radius 1 is 1.06 bits per heavy atom. The van der Waals surface area contributed by atoms with Crippen LogP contribution in [0.5, 0.6) is 0 Å². The van der Waals surface area contributed by atoms with Crippen LogP contribution in [-0.2, 0) is 11.3 Å². The lowest BCUT2D eigenvalue weighted by atomic mass is 10.2. The standard InChI is InChI=1S/C25H25FN4O2S/c1-17-24-23(18-7-2-5-10-21(18)33-24)25(32)30(27-17)12-6-11-22(31)29-15-13-28(14-16-29)20-9-4-3-8-19(20)26/h2-5,7-10H,6,11-16H2,1H3. The van der Waals surface area contributed by atoms with Gasteiger partial charge in [0.25, 0.3) is 5.56 Å². The maximum absolute atomic E-state index is 14.0. The molecule has 3 heterocycles. The van der Waals surface area contributed by atoms with Gasteiger partial charge >= 0.3 is 0 Å². The number of carbonyl (C=O) groups excluding carboxylic acids is 1. The number of amides is 1. The van der Waals surface area contributed by atoms with Crippen molar-refractivity contribution in [1.82, 2.24) is 14.7 Å². The van der Waals surface area contributed by atoms with E-state index >= 15 is 0 Å². The first kappa shape index (κ1) is 21.6. The molecular weight excluding hydrogens is 439 g/mol. The molecule has 0 N–H and O–H groups in total. The Bertz CT molecular complexity index is 1390. The minimum Gasteiger partial charge on any atom is -0.366 e. The molecule has 2 aromatic carbocycles. The second kappa shape index (κ2) is 8.94. The van der Waals surface area contributed by atoms with Crippen molar-refractivity contribution < 1.29 is 9.18 Å². The van der Waals surface area contributed by atoms with Crippen LogP contribution in [-0.4, -0.2) is 46.8 Å². The highest BCUT2D eigenvalue weighted by Gasteiger charge is 2.22. The van der Waals surface area contributed by atoms with Gasteiger partial charge < -0.3 is 9.80 Å². The van der Waals surface area contributed by atoms with E-state index in [-0.39, 0.29) is 17.3 Å². The van der Waals surface area contributed by atoms with Crippen molar-refractivity contribution in [1.29, 1.82) is 0 Å². The van der Waals surface area contributed by atoms with Crippen LogP contribution in [0.2, 0.25) is 0 Å². The molecule has 0 radical (unpaired) electrons. The lowest BCUT2D eigenvalue weighted by Gasteiger charge is -2.36. The van der Waals surface area contributed by atoms with Gasteiger partial charge in [-0.25, -0.2) is 9.07 Å². The Balaban J connectivity index is 1.22. The molecule has 1 amide bonds. The van der Waals surface area contributed by atoms with Gasteiger partial charge in [0.1, 0.15) is 5.82 Å². The molecule has 0 saturated carbocycles. The Morgan fingerprint density at radius 2 is 1.79 bits per heavy atom. The molecule has 2 aromatic heterocycles. The number of rotatable bonds is 5. The monoisotopic (exact) mass is 464 g/mol. The largest absolute Gasteiger partial charge is 0.366 e. The number of benzene rings is 2. The minimum atomic E-state index is -0.235. The third-order valence-corrected chi connectivity index (χ3v) is 7.51. The summed E-state index contributed by atoms with van der Waals surface area (Å²) in [5.74, 6) is -0.170. The van der Waals surface area contributed by atoms with Crippen LogP contribution in [0.4, 0.5) is 10.1 Å². The van der Waals surface area contributed by atoms with Gasteiger partial charge in [-0.15, -0.1) is 11.3 Å². The number of anilines is 1. The Morgan fingerprint density at radius 3 is 2.58 bits per heavy atom. The van der Waals surface area contributed by atoms with E-state index in [9.17, 15) is 14.0 Å². The summed E-state index contributed by atoms with van der Waals surface area (Å²) in [7, 11) is 0. The summed E-state index contributed by atoms with van der Waals surface area (Å²) in [4.78, 5) is 29.6. The number of halogens is 1. The van der Waals surface area contributed by atoms with Crippen molar-refractivity contribution in [2.24, 2.45) is 0 Å². The van der Waals surface area contributed by atoms with Gasteiger partial charge in [0.05, 0.1) is 21.5 Å². The van der Waals surface area contributed by atoms with Crippen LogP contribution in [0.1, 0.15) is 18.5 Å². The molecular formula is C25H25FN4O2S. The number of para-hydroxylation sites is 1. The van der Waals surface area contributed by atoms with Crippen LogP contribution < -0.4 is 10.5 Å². The van der Waals surface area contributed by atoms with E-state index in [4.69, 9.17) is 0 Å². The highest BCUT2D eigenvalue weighted by Crippen LogP contribution is 2.32. The van der Waals surface area contributed by atoms with Gasteiger partial charge in [-0.3, -0.25) is 9.59 Å². The van der Waals surface area contributed by atoms with Gasteiger partial charge in [0.2, 0.25) is 5.91 Å². The topological polar surface area (TPSA) is 58.4 Å². The Labute approximate surface area is 194 Å². The first-order chi connectivity index (χ1) is 16.0. The Kier molecular flexibility index (Phi) is 5.85. The normalized spacial score (nSPS) is 14.4. The first-order valence-electron chi connectivity index (χ1n) is 11.2. The number of fused-ring (bicyclic) bond motifs is 3. The summed E-state index contributed by atoms with van der Waals surface area (Å²) in [6.45, 7) is 4.67. The van der Waals surface area contributed by atoms with Gasteiger partial charge in [0.15, 0.2) is 0 Å². The average Bonchev–Trinajstić information content (AvgIpc) is 3.23. The zero-order valence-corrected chi connectivity index (χ0v) is 19.3. The number of hydrogen-bond acceptors (Lipinski definition) is 5. The maximum Gasteiger partial charge on any atom is 0.276 e. The lowest BCUT2D eigenvalue weighted by molar-refractivity contribution is -0.131. The van der Waals surface area contributed by atoms with Gasteiger partial charge in [-0.2, -0.15) is 5.10 Å². The fraction of sp³-hybridized carbons (Fsp3) is 0.320. The van der Waals surface area contributed by atoms with Gasteiger partial charge in [-0.1, -0.05) is 30.3 Å².